The second-order valence-electron chi connectivity index (χ2n) is 5.82. The molecule has 1 aromatic carbocycles. The molecule has 3 aromatic rings. The molecule has 0 fully saturated rings. The van der Waals surface area contributed by atoms with E-state index in [0.29, 0.717) is 22.9 Å². The Bertz CT molecular complexity index is 979. The number of anilines is 2. The highest BCUT2D eigenvalue weighted by Crippen LogP contribution is 2.17. The van der Waals surface area contributed by atoms with E-state index in [1.165, 1.54) is 10.9 Å². The van der Waals surface area contributed by atoms with Gasteiger partial charge in [-0.15, -0.1) is 0 Å². The van der Waals surface area contributed by atoms with Crippen molar-refractivity contribution in [1.82, 2.24) is 24.9 Å². The molecule has 0 radical (unpaired) electrons. The third-order valence-electron chi connectivity index (χ3n) is 3.70. The zero-order valence-electron chi connectivity index (χ0n) is 14.7. The van der Waals surface area contributed by atoms with Gasteiger partial charge >= 0.3 is 6.03 Å². The highest BCUT2D eigenvalue weighted by atomic mass is 35.5. The van der Waals surface area contributed by atoms with Crippen LogP contribution in [0, 0.1) is 0 Å². The van der Waals surface area contributed by atoms with Crippen LogP contribution < -0.4 is 16.0 Å². The van der Waals surface area contributed by atoms with Crippen LogP contribution in [0.5, 0.6) is 0 Å². The van der Waals surface area contributed by atoms with Gasteiger partial charge in [0.1, 0.15) is 5.69 Å². The van der Waals surface area contributed by atoms with Crippen LogP contribution in [-0.4, -0.2) is 31.5 Å². The van der Waals surface area contributed by atoms with Crippen molar-refractivity contribution in [2.24, 2.45) is 14.1 Å². The Balaban J connectivity index is 1.66. The summed E-state index contributed by atoms with van der Waals surface area (Å²) in [6.45, 7) is 0.312. The molecule has 0 bridgehead atoms. The maximum atomic E-state index is 12.5. The van der Waals surface area contributed by atoms with Gasteiger partial charge in [-0.05, 0) is 18.2 Å². The summed E-state index contributed by atoms with van der Waals surface area (Å²) in [5, 5.41) is 16.7. The molecule has 27 heavy (non-hydrogen) atoms. The number of carbonyl (C=O) groups excluding carboxylic acids is 2. The minimum Gasteiger partial charge on any atom is -0.346 e. The minimum atomic E-state index is -0.508. The smallest absolute Gasteiger partial charge is 0.323 e. The van der Waals surface area contributed by atoms with Crippen LogP contribution >= 0.6 is 11.6 Å². The lowest BCUT2D eigenvalue weighted by Gasteiger charge is -2.09. The van der Waals surface area contributed by atoms with E-state index in [4.69, 9.17) is 11.6 Å². The van der Waals surface area contributed by atoms with E-state index >= 15 is 0 Å². The molecule has 0 aliphatic rings. The zero-order chi connectivity index (χ0) is 19.4. The van der Waals surface area contributed by atoms with Gasteiger partial charge < -0.3 is 16.0 Å². The molecule has 0 aliphatic carbocycles. The third kappa shape index (κ3) is 4.64. The number of nitrogens with zero attached hydrogens (tertiary/aromatic N) is 4. The van der Waals surface area contributed by atoms with E-state index in [9.17, 15) is 9.59 Å². The van der Waals surface area contributed by atoms with E-state index in [-0.39, 0.29) is 11.6 Å². The molecule has 2 heterocycles. The Morgan fingerprint density at radius 3 is 2.67 bits per heavy atom. The number of aryl methyl sites for hydroxylation is 2. The lowest BCUT2D eigenvalue weighted by atomic mass is 10.3. The fourth-order valence-electron chi connectivity index (χ4n) is 2.48. The lowest BCUT2D eigenvalue weighted by molar-refractivity contribution is 0.0942. The number of aromatic nitrogens is 4. The molecule has 0 atom stereocenters. The summed E-state index contributed by atoms with van der Waals surface area (Å²) in [5.74, 6) is -0.364. The number of amides is 3. The predicted octanol–water partition coefficient (Wildman–Crippen LogP) is 2.38. The fourth-order valence-corrected chi connectivity index (χ4v) is 2.67. The van der Waals surface area contributed by atoms with Gasteiger partial charge in [0, 0.05) is 43.1 Å². The van der Waals surface area contributed by atoms with Crippen LogP contribution in [0.4, 0.5) is 16.2 Å². The molecule has 10 heteroatoms. The molecule has 3 amide bonds. The molecule has 2 aromatic heterocycles. The van der Waals surface area contributed by atoms with Crippen molar-refractivity contribution in [3.05, 3.63) is 59.1 Å². The standard InChI is InChI=1S/C17H18ClN7O2/c1-24-10-11(8-20-24)7-19-16(26)15-14(9-21-25(15)2)23-17(27)22-13-5-3-4-12(18)6-13/h3-6,8-10H,7H2,1-2H3,(H,19,26)(H2,22,23,27). The second kappa shape index (κ2) is 7.92. The van der Waals surface area contributed by atoms with Crippen LogP contribution in [0.2, 0.25) is 5.02 Å². The third-order valence-corrected chi connectivity index (χ3v) is 3.93. The summed E-state index contributed by atoms with van der Waals surface area (Å²) in [6.07, 6.45) is 4.89. The maximum absolute atomic E-state index is 12.5. The van der Waals surface area contributed by atoms with Crippen molar-refractivity contribution < 1.29 is 9.59 Å². The SMILES string of the molecule is Cn1cc(CNC(=O)c2c(NC(=O)Nc3cccc(Cl)c3)cnn2C)cn1. The average Bonchev–Trinajstić information content (AvgIpc) is 3.18. The van der Waals surface area contributed by atoms with Gasteiger partial charge in [-0.2, -0.15) is 10.2 Å². The van der Waals surface area contributed by atoms with Gasteiger partial charge in [-0.3, -0.25) is 14.2 Å². The van der Waals surface area contributed by atoms with E-state index in [0.717, 1.165) is 5.56 Å². The normalized spacial score (nSPS) is 10.5. The van der Waals surface area contributed by atoms with Crippen molar-refractivity contribution in [2.75, 3.05) is 10.6 Å². The number of carbonyl (C=O) groups is 2. The van der Waals surface area contributed by atoms with Crippen molar-refractivity contribution in [3.8, 4) is 0 Å². The molecule has 9 nitrogen and oxygen atoms in total. The van der Waals surface area contributed by atoms with Crippen molar-refractivity contribution >= 4 is 34.9 Å². The highest BCUT2D eigenvalue weighted by Gasteiger charge is 2.18. The molecular formula is C17H18ClN7O2. The molecule has 3 N–H and O–H groups in total. The van der Waals surface area contributed by atoms with Crippen LogP contribution in [0.1, 0.15) is 16.1 Å². The minimum absolute atomic E-state index is 0.236. The predicted molar refractivity (Wildman–Crippen MR) is 102 cm³/mol. The fraction of sp³-hybridized carbons (Fsp3) is 0.176. The first kappa shape index (κ1) is 18.5. The summed E-state index contributed by atoms with van der Waals surface area (Å²) in [4.78, 5) is 24.7. The highest BCUT2D eigenvalue weighted by molar-refractivity contribution is 6.30. The molecule has 140 valence electrons. The summed E-state index contributed by atoms with van der Waals surface area (Å²) < 4.78 is 3.05. The quantitative estimate of drug-likeness (QED) is 0.624. The van der Waals surface area contributed by atoms with Crippen molar-refractivity contribution in [1.29, 1.82) is 0 Å². The van der Waals surface area contributed by atoms with Gasteiger partial charge in [0.15, 0.2) is 0 Å². The average molecular weight is 388 g/mol. The van der Waals surface area contributed by atoms with Gasteiger partial charge in [-0.1, -0.05) is 17.7 Å². The topological polar surface area (TPSA) is 106 Å². The monoisotopic (exact) mass is 387 g/mol. The molecule has 0 aliphatic heterocycles. The Morgan fingerprint density at radius 1 is 1.15 bits per heavy atom. The van der Waals surface area contributed by atoms with Gasteiger partial charge in [0.25, 0.3) is 5.91 Å². The van der Waals surface area contributed by atoms with E-state index in [2.05, 4.69) is 26.1 Å². The van der Waals surface area contributed by atoms with Gasteiger partial charge in [0.2, 0.25) is 0 Å². The van der Waals surface area contributed by atoms with E-state index < -0.39 is 6.03 Å². The summed E-state index contributed by atoms with van der Waals surface area (Å²) >= 11 is 5.90. The number of benzene rings is 1. The Labute approximate surface area is 160 Å². The Kier molecular flexibility index (Phi) is 5.41. The molecular weight excluding hydrogens is 370 g/mol. The van der Waals surface area contributed by atoms with Crippen molar-refractivity contribution in [2.45, 2.75) is 6.54 Å². The largest absolute Gasteiger partial charge is 0.346 e. The zero-order valence-corrected chi connectivity index (χ0v) is 15.5. The summed E-state index contributed by atoms with van der Waals surface area (Å²) in [7, 11) is 3.42. The molecule has 0 saturated carbocycles. The number of hydrogen-bond acceptors (Lipinski definition) is 4. The van der Waals surface area contributed by atoms with Crippen LogP contribution in [0.3, 0.4) is 0 Å². The van der Waals surface area contributed by atoms with Crippen LogP contribution in [0.25, 0.3) is 0 Å². The number of rotatable bonds is 5. The van der Waals surface area contributed by atoms with E-state index in [1.54, 1.807) is 55.4 Å². The Hall–Kier alpha value is -3.33. The molecule has 3 rings (SSSR count). The summed E-state index contributed by atoms with van der Waals surface area (Å²) in [6, 6.07) is 6.24. The number of urea groups is 1. The first-order valence-electron chi connectivity index (χ1n) is 8.03. The number of hydrogen-bond donors (Lipinski definition) is 3. The maximum Gasteiger partial charge on any atom is 0.323 e. The van der Waals surface area contributed by atoms with Crippen LogP contribution in [0.15, 0.2) is 42.9 Å². The van der Waals surface area contributed by atoms with E-state index in [1.807, 2.05) is 0 Å². The number of halogens is 1. The van der Waals surface area contributed by atoms with Crippen molar-refractivity contribution in [3.63, 3.8) is 0 Å². The summed E-state index contributed by atoms with van der Waals surface area (Å²) in [5.41, 5.74) is 1.92. The molecule has 0 unspecified atom stereocenters. The number of nitrogens with one attached hydrogen (secondary N) is 3. The first-order chi connectivity index (χ1) is 12.9. The molecule has 0 spiro atoms. The first-order valence-corrected chi connectivity index (χ1v) is 8.41. The Morgan fingerprint density at radius 2 is 1.96 bits per heavy atom. The molecule has 0 saturated heterocycles. The second-order valence-corrected chi connectivity index (χ2v) is 6.26. The lowest BCUT2D eigenvalue weighted by Crippen LogP contribution is -2.27. The van der Waals surface area contributed by atoms with Crippen LogP contribution in [-0.2, 0) is 20.6 Å². The van der Waals surface area contributed by atoms with Gasteiger partial charge in [0.05, 0.1) is 18.1 Å². The van der Waals surface area contributed by atoms with Gasteiger partial charge in [-0.25, -0.2) is 4.79 Å².